The molecule has 4 nitrogen and oxygen atoms in total. The topological polar surface area (TPSA) is 41.6 Å². The van der Waals surface area contributed by atoms with Crippen molar-refractivity contribution in [2.75, 3.05) is 7.05 Å². The van der Waals surface area contributed by atoms with Crippen LogP contribution in [0.1, 0.15) is 16.7 Å². The first-order valence-electron chi connectivity index (χ1n) is 7.62. The van der Waals surface area contributed by atoms with E-state index in [4.69, 9.17) is 17.0 Å². The average Bonchev–Trinajstić information content (AvgIpc) is 2.81. The molecule has 1 aliphatic heterocycles. The van der Waals surface area contributed by atoms with Crippen LogP contribution in [-0.4, -0.2) is 23.0 Å². The van der Waals surface area contributed by atoms with E-state index in [0.717, 1.165) is 16.9 Å². The van der Waals surface area contributed by atoms with Gasteiger partial charge < -0.3 is 10.1 Å². The molecule has 0 saturated carbocycles. The second-order valence-corrected chi connectivity index (χ2v) is 6.09. The molecule has 0 aromatic heterocycles. The van der Waals surface area contributed by atoms with Crippen molar-refractivity contribution in [1.29, 1.82) is 0 Å². The van der Waals surface area contributed by atoms with Crippen LogP contribution in [0.3, 0.4) is 0 Å². The number of likely N-dealkylation sites (N-methyl/N-ethyl adjacent to an activating group) is 1. The van der Waals surface area contributed by atoms with Crippen molar-refractivity contribution in [1.82, 2.24) is 10.2 Å². The number of aryl methyl sites for hydroxylation is 1. The van der Waals surface area contributed by atoms with Gasteiger partial charge in [-0.3, -0.25) is 9.69 Å². The van der Waals surface area contributed by atoms with Crippen LogP contribution in [0.2, 0.25) is 0 Å². The Morgan fingerprint density at radius 2 is 1.96 bits per heavy atom. The van der Waals surface area contributed by atoms with Gasteiger partial charge in [-0.15, -0.1) is 0 Å². The highest BCUT2D eigenvalue weighted by molar-refractivity contribution is 7.80. The summed E-state index contributed by atoms with van der Waals surface area (Å²) in [6.07, 6.45) is 1.78. The molecule has 1 amide bonds. The van der Waals surface area contributed by atoms with Crippen molar-refractivity contribution < 1.29 is 9.53 Å². The molecule has 24 heavy (non-hydrogen) atoms. The van der Waals surface area contributed by atoms with Crippen molar-refractivity contribution in [2.45, 2.75) is 13.5 Å². The molecule has 2 aromatic rings. The Morgan fingerprint density at radius 3 is 2.58 bits per heavy atom. The summed E-state index contributed by atoms with van der Waals surface area (Å²) in [4.78, 5) is 13.4. The van der Waals surface area contributed by atoms with Crippen LogP contribution in [-0.2, 0) is 11.4 Å². The fourth-order valence-corrected chi connectivity index (χ4v) is 2.61. The molecule has 0 bridgehead atoms. The molecule has 5 heteroatoms. The number of hydrogen-bond donors (Lipinski definition) is 1. The first-order valence-corrected chi connectivity index (χ1v) is 8.03. The van der Waals surface area contributed by atoms with Gasteiger partial charge in [-0.2, -0.15) is 0 Å². The molecule has 0 unspecified atom stereocenters. The third kappa shape index (κ3) is 3.63. The van der Waals surface area contributed by atoms with E-state index >= 15 is 0 Å². The smallest absolute Gasteiger partial charge is 0.276 e. The molecule has 0 aliphatic carbocycles. The number of nitrogens with one attached hydrogen (secondary N) is 1. The number of carbonyl (C=O) groups excluding carboxylic acids is 1. The molecular weight excluding hydrogens is 320 g/mol. The van der Waals surface area contributed by atoms with Gasteiger partial charge >= 0.3 is 0 Å². The summed E-state index contributed by atoms with van der Waals surface area (Å²) in [7, 11) is 1.65. The van der Waals surface area contributed by atoms with Gasteiger partial charge in [0.05, 0.1) is 0 Å². The van der Waals surface area contributed by atoms with E-state index in [1.807, 2.05) is 36.4 Å². The van der Waals surface area contributed by atoms with Crippen LogP contribution in [0.4, 0.5) is 0 Å². The third-order valence-electron chi connectivity index (χ3n) is 3.76. The molecule has 0 atom stereocenters. The Kier molecular flexibility index (Phi) is 4.62. The molecule has 0 radical (unpaired) electrons. The normalized spacial score (nSPS) is 15.8. The lowest BCUT2D eigenvalue weighted by molar-refractivity contribution is -0.121. The molecule has 1 saturated heterocycles. The van der Waals surface area contributed by atoms with Gasteiger partial charge in [0.2, 0.25) is 0 Å². The highest BCUT2D eigenvalue weighted by atomic mass is 32.1. The van der Waals surface area contributed by atoms with Crippen LogP contribution in [0.5, 0.6) is 5.75 Å². The van der Waals surface area contributed by atoms with E-state index in [1.54, 1.807) is 13.1 Å². The summed E-state index contributed by atoms with van der Waals surface area (Å²) < 4.78 is 5.79. The van der Waals surface area contributed by atoms with Crippen molar-refractivity contribution in [3.63, 3.8) is 0 Å². The number of ether oxygens (including phenoxy) is 1. The maximum absolute atomic E-state index is 12.0. The molecule has 1 fully saturated rings. The zero-order chi connectivity index (χ0) is 17.1. The van der Waals surface area contributed by atoms with E-state index in [-0.39, 0.29) is 5.91 Å². The molecule has 2 aromatic carbocycles. The van der Waals surface area contributed by atoms with Gasteiger partial charge in [-0.25, -0.2) is 0 Å². The van der Waals surface area contributed by atoms with Crippen molar-refractivity contribution in [2.24, 2.45) is 0 Å². The van der Waals surface area contributed by atoms with Gasteiger partial charge in [0.1, 0.15) is 18.1 Å². The molecule has 122 valence electrons. The summed E-state index contributed by atoms with van der Waals surface area (Å²) in [5, 5.41) is 3.33. The zero-order valence-electron chi connectivity index (χ0n) is 13.6. The van der Waals surface area contributed by atoms with Crippen molar-refractivity contribution >= 4 is 29.3 Å². The first-order chi connectivity index (χ1) is 11.5. The fraction of sp³-hybridized carbons (Fsp3) is 0.158. The van der Waals surface area contributed by atoms with E-state index < -0.39 is 0 Å². The number of rotatable bonds is 4. The first kappa shape index (κ1) is 16.2. The Hall–Kier alpha value is -2.66. The van der Waals surface area contributed by atoms with Gasteiger partial charge in [0.15, 0.2) is 5.11 Å². The number of thiocarbonyl (C=S) groups is 1. The lowest BCUT2D eigenvalue weighted by atomic mass is 10.1. The average molecular weight is 338 g/mol. The van der Waals surface area contributed by atoms with Crippen LogP contribution >= 0.6 is 12.2 Å². The predicted molar refractivity (Wildman–Crippen MR) is 98.4 cm³/mol. The number of benzene rings is 2. The van der Waals surface area contributed by atoms with Crippen molar-refractivity contribution in [3.05, 3.63) is 70.9 Å². The fourth-order valence-electron chi connectivity index (χ4n) is 2.42. The Balaban J connectivity index is 1.65. The number of amides is 1. The maximum Gasteiger partial charge on any atom is 0.276 e. The van der Waals surface area contributed by atoms with Gasteiger partial charge in [-0.05, 0) is 48.5 Å². The minimum atomic E-state index is -0.125. The standard InChI is InChI=1S/C19H18N2O2S/c1-13-4-3-5-15(10-13)12-23-16-8-6-14(7-9-16)11-17-18(22)21(2)19(24)20-17/h3-11H,12H2,1-2H3,(H,20,24). The summed E-state index contributed by atoms with van der Waals surface area (Å²) in [5.41, 5.74) is 3.75. The van der Waals surface area contributed by atoms with E-state index in [9.17, 15) is 4.79 Å². The third-order valence-corrected chi connectivity index (χ3v) is 4.14. The minimum Gasteiger partial charge on any atom is -0.489 e. The second-order valence-electron chi connectivity index (χ2n) is 5.70. The van der Waals surface area contributed by atoms with Gasteiger partial charge in [0, 0.05) is 7.05 Å². The van der Waals surface area contributed by atoms with Crippen LogP contribution < -0.4 is 10.1 Å². The minimum absolute atomic E-state index is 0.125. The largest absolute Gasteiger partial charge is 0.489 e. The van der Waals surface area contributed by atoms with Crippen LogP contribution in [0, 0.1) is 6.92 Å². The van der Waals surface area contributed by atoms with E-state index in [0.29, 0.717) is 17.4 Å². The van der Waals surface area contributed by atoms with E-state index in [2.05, 4.69) is 24.4 Å². The van der Waals surface area contributed by atoms with Gasteiger partial charge in [0.25, 0.3) is 5.91 Å². The lowest BCUT2D eigenvalue weighted by Gasteiger charge is -2.07. The quantitative estimate of drug-likeness (QED) is 0.686. The maximum atomic E-state index is 12.0. The number of carbonyl (C=O) groups is 1. The molecule has 1 aliphatic rings. The second kappa shape index (κ2) is 6.84. The van der Waals surface area contributed by atoms with Crippen LogP contribution in [0.25, 0.3) is 6.08 Å². The Morgan fingerprint density at radius 1 is 1.21 bits per heavy atom. The Bertz CT molecular complexity index is 812. The Labute approximate surface area is 146 Å². The lowest BCUT2D eigenvalue weighted by Crippen LogP contribution is -2.25. The molecule has 1 heterocycles. The summed E-state index contributed by atoms with van der Waals surface area (Å²) in [6, 6.07) is 15.8. The van der Waals surface area contributed by atoms with E-state index in [1.165, 1.54) is 10.5 Å². The SMILES string of the molecule is Cc1cccc(COc2ccc(C=C3NC(=S)N(C)C3=O)cc2)c1. The van der Waals surface area contributed by atoms with Gasteiger partial charge in [-0.1, -0.05) is 42.0 Å². The summed E-state index contributed by atoms with van der Waals surface area (Å²) >= 11 is 5.06. The van der Waals surface area contributed by atoms with Crippen LogP contribution in [0.15, 0.2) is 54.2 Å². The molecule has 0 spiro atoms. The molecule has 3 rings (SSSR count). The highest BCUT2D eigenvalue weighted by Crippen LogP contribution is 2.18. The predicted octanol–water partition coefficient (Wildman–Crippen LogP) is 3.26. The zero-order valence-corrected chi connectivity index (χ0v) is 14.4. The summed E-state index contributed by atoms with van der Waals surface area (Å²) in [6.45, 7) is 2.59. The monoisotopic (exact) mass is 338 g/mol. The van der Waals surface area contributed by atoms with Crippen molar-refractivity contribution in [3.8, 4) is 5.75 Å². The molecule has 1 N–H and O–H groups in total. The summed E-state index contributed by atoms with van der Waals surface area (Å²) in [5.74, 6) is 0.664. The highest BCUT2D eigenvalue weighted by Gasteiger charge is 2.26. The number of hydrogen-bond acceptors (Lipinski definition) is 3. The molecular formula is C19H18N2O2S. The number of nitrogens with zero attached hydrogens (tertiary/aromatic N) is 1.